The van der Waals surface area contributed by atoms with Crippen molar-refractivity contribution in [2.75, 3.05) is 0 Å². The molecule has 2 aromatic rings. The molecule has 0 saturated carbocycles. The second-order valence-corrected chi connectivity index (χ2v) is 4.56. The van der Waals surface area contributed by atoms with Crippen molar-refractivity contribution in [2.24, 2.45) is 0 Å². The Balaban J connectivity index is 2.33. The third-order valence-corrected chi connectivity index (χ3v) is 3.29. The molecule has 0 heterocycles. The number of benzene rings is 2. The van der Waals surface area contributed by atoms with Crippen LogP contribution in [0.25, 0.3) is 0 Å². The van der Waals surface area contributed by atoms with Gasteiger partial charge in [-0.25, -0.2) is 8.78 Å². The number of hydrogen-bond acceptors (Lipinski definition) is 0. The summed E-state index contributed by atoms with van der Waals surface area (Å²) in [6, 6.07) is 12.2. The smallest absolute Gasteiger partial charge is 0.197 e. The van der Waals surface area contributed by atoms with Gasteiger partial charge in [-0.05, 0) is 12.1 Å². The number of hydrogen-bond donors (Lipinski definition) is 0. The van der Waals surface area contributed by atoms with Gasteiger partial charge in [0, 0.05) is 16.1 Å². The zero-order valence-corrected chi connectivity index (χ0v) is 10.7. The topological polar surface area (TPSA) is 0 Å². The Kier molecular flexibility index (Phi) is 4.20. The monoisotopic (exact) mass is 285 g/mol. The lowest BCUT2D eigenvalue weighted by atomic mass is 10.0. The summed E-state index contributed by atoms with van der Waals surface area (Å²) in [5.74, 6) is -0.542. The van der Waals surface area contributed by atoms with Gasteiger partial charge in [0.2, 0.25) is 0 Å². The Morgan fingerprint density at radius 1 is 1.00 bits per heavy atom. The summed E-state index contributed by atoms with van der Waals surface area (Å²) < 4.78 is 27.7. The maximum Gasteiger partial charge on any atom is 0.197 e. The molecule has 4 heteroatoms. The highest BCUT2D eigenvalue weighted by molar-refractivity contribution is 6.32. The second-order valence-electron chi connectivity index (χ2n) is 3.71. The molecule has 0 bridgehead atoms. The summed E-state index contributed by atoms with van der Waals surface area (Å²) in [5, 5.41) is -0.942. The molecular formula is C14H9Cl2F2. The Morgan fingerprint density at radius 2 is 1.61 bits per heavy atom. The van der Waals surface area contributed by atoms with Crippen molar-refractivity contribution in [3.63, 3.8) is 0 Å². The van der Waals surface area contributed by atoms with Crippen LogP contribution in [0, 0.1) is 12.0 Å². The van der Waals surface area contributed by atoms with Crippen molar-refractivity contribution in [2.45, 2.75) is 5.38 Å². The van der Waals surface area contributed by atoms with Gasteiger partial charge in [0.1, 0.15) is 11.2 Å². The van der Waals surface area contributed by atoms with Crippen molar-refractivity contribution >= 4 is 23.2 Å². The van der Waals surface area contributed by atoms with Crippen LogP contribution in [0.4, 0.5) is 8.78 Å². The lowest BCUT2D eigenvalue weighted by Crippen LogP contribution is -2.04. The minimum absolute atomic E-state index is 0.0941. The van der Waals surface area contributed by atoms with Crippen LogP contribution in [0.3, 0.4) is 0 Å². The summed E-state index contributed by atoms with van der Waals surface area (Å²) in [5.41, 5.74) is 0.277. The van der Waals surface area contributed by atoms with E-state index in [2.05, 4.69) is 0 Å². The Hall–Kier alpha value is -1.12. The first-order valence-electron chi connectivity index (χ1n) is 5.27. The van der Waals surface area contributed by atoms with Crippen LogP contribution >= 0.6 is 23.2 Å². The summed E-state index contributed by atoms with van der Waals surface area (Å²) in [6.45, 7) is 0. The van der Waals surface area contributed by atoms with Crippen molar-refractivity contribution < 1.29 is 8.78 Å². The first-order valence-corrected chi connectivity index (χ1v) is 6.08. The van der Waals surface area contributed by atoms with Gasteiger partial charge in [-0.2, -0.15) is 0 Å². The highest BCUT2D eigenvalue weighted by Crippen LogP contribution is 2.39. The van der Waals surface area contributed by atoms with E-state index in [9.17, 15) is 8.78 Å². The van der Waals surface area contributed by atoms with Gasteiger partial charge in [-0.3, -0.25) is 0 Å². The molecule has 0 fully saturated rings. The van der Waals surface area contributed by atoms with Crippen LogP contribution in [0.15, 0.2) is 48.5 Å². The van der Waals surface area contributed by atoms with Crippen LogP contribution < -0.4 is 0 Å². The maximum atomic E-state index is 14.2. The fourth-order valence-corrected chi connectivity index (χ4v) is 2.13. The Morgan fingerprint density at radius 3 is 2.28 bits per heavy atom. The fourth-order valence-electron chi connectivity index (χ4n) is 1.61. The lowest BCUT2D eigenvalue weighted by Gasteiger charge is -2.15. The van der Waals surface area contributed by atoms with Gasteiger partial charge in [0.25, 0.3) is 0 Å². The molecule has 93 valence electrons. The molecule has 0 spiro atoms. The van der Waals surface area contributed by atoms with Gasteiger partial charge in [-0.15, -0.1) is 11.6 Å². The standard InChI is InChI=1S/C14H9Cl2F2/c15-11-7-3-1-5-9(11)14(18)13(16)10-6-2-4-8-12(10)17/h1-8,13H. The van der Waals surface area contributed by atoms with E-state index in [1.54, 1.807) is 24.3 Å². The van der Waals surface area contributed by atoms with Gasteiger partial charge < -0.3 is 0 Å². The molecule has 2 rings (SSSR count). The average molecular weight is 286 g/mol. The van der Waals surface area contributed by atoms with E-state index in [-0.39, 0.29) is 16.1 Å². The largest absolute Gasteiger partial charge is 0.233 e. The van der Waals surface area contributed by atoms with Crippen molar-refractivity contribution in [3.05, 3.63) is 76.7 Å². The van der Waals surface area contributed by atoms with E-state index in [0.717, 1.165) is 0 Å². The molecule has 1 atom stereocenters. The molecule has 1 radical (unpaired) electrons. The van der Waals surface area contributed by atoms with Crippen molar-refractivity contribution in [3.8, 4) is 0 Å². The SMILES string of the molecule is F[C](c1ccccc1Cl)C(Cl)c1ccccc1F. The maximum absolute atomic E-state index is 14.2. The van der Waals surface area contributed by atoms with Crippen LogP contribution in [0.1, 0.15) is 16.5 Å². The molecule has 1 unspecified atom stereocenters. The predicted octanol–water partition coefficient (Wildman–Crippen LogP) is 5.31. The molecule has 0 saturated heterocycles. The highest BCUT2D eigenvalue weighted by Gasteiger charge is 2.27. The fraction of sp³-hybridized carbons (Fsp3) is 0.0714. The molecule has 0 aliphatic rings. The van der Waals surface area contributed by atoms with Crippen LogP contribution in [-0.2, 0) is 0 Å². The molecule has 0 nitrogen and oxygen atoms in total. The normalized spacial score (nSPS) is 12.7. The molecular weight excluding hydrogens is 277 g/mol. The zero-order chi connectivity index (χ0) is 13.1. The van der Waals surface area contributed by atoms with Crippen LogP contribution in [-0.4, -0.2) is 0 Å². The number of halogens is 4. The van der Waals surface area contributed by atoms with E-state index in [4.69, 9.17) is 23.2 Å². The van der Waals surface area contributed by atoms with E-state index in [1.165, 1.54) is 24.3 Å². The Labute approximate surface area is 114 Å². The van der Waals surface area contributed by atoms with Gasteiger partial charge in [0.15, 0.2) is 6.17 Å². The molecule has 0 aromatic heterocycles. The third kappa shape index (κ3) is 2.65. The minimum Gasteiger partial charge on any atom is -0.233 e. The van der Waals surface area contributed by atoms with Gasteiger partial charge in [0.05, 0.1) is 0 Å². The molecule has 0 N–H and O–H groups in total. The molecule has 2 aromatic carbocycles. The number of alkyl halides is 1. The minimum atomic E-state index is -1.19. The zero-order valence-electron chi connectivity index (χ0n) is 9.21. The molecule has 0 amide bonds. The molecule has 18 heavy (non-hydrogen) atoms. The average Bonchev–Trinajstić information content (AvgIpc) is 2.38. The first-order chi connectivity index (χ1) is 8.61. The van der Waals surface area contributed by atoms with Gasteiger partial charge >= 0.3 is 0 Å². The summed E-state index contributed by atoms with van der Waals surface area (Å²) >= 11 is 11.8. The van der Waals surface area contributed by atoms with E-state index < -0.39 is 17.4 Å². The van der Waals surface area contributed by atoms with Crippen LogP contribution in [0.5, 0.6) is 0 Å². The summed E-state index contributed by atoms with van der Waals surface area (Å²) in [4.78, 5) is 0. The van der Waals surface area contributed by atoms with Crippen molar-refractivity contribution in [1.29, 1.82) is 0 Å². The molecule has 0 aliphatic carbocycles. The summed E-state index contributed by atoms with van der Waals surface area (Å²) in [7, 11) is 0. The summed E-state index contributed by atoms with van der Waals surface area (Å²) in [6.07, 6.45) is -0.660. The third-order valence-electron chi connectivity index (χ3n) is 2.53. The van der Waals surface area contributed by atoms with Crippen LogP contribution in [0.2, 0.25) is 5.02 Å². The first kappa shape index (κ1) is 13.3. The molecule has 0 aliphatic heterocycles. The van der Waals surface area contributed by atoms with E-state index in [0.29, 0.717) is 0 Å². The second kappa shape index (κ2) is 5.68. The van der Waals surface area contributed by atoms with E-state index in [1.807, 2.05) is 0 Å². The van der Waals surface area contributed by atoms with E-state index >= 15 is 0 Å². The van der Waals surface area contributed by atoms with Crippen molar-refractivity contribution in [1.82, 2.24) is 0 Å². The number of rotatable bonds is 3. The predicted molar refractivity (Wildman–Crippen MR) is 69.9 cm³/mol. The lowest BCUT2D eigenvalue weighted by molar-refractivity contribution is 0.496. The van der Waals surface area contributed by atoms with Gasteiger partial charge in [-0.1, -0.05) is 48.0 Å². The quantitative estimate of drug-likeness (QED) is 0.671. The highest BCUT2D eigenvalue weighted by atomic mass is 35.5. The Bertz CT molecular complexity index is 493.